The van der Waals surface area contributed by atoms with Gasteiger partial charge in [0.25, 0.3) is 5.91 Å². The van der Waals surface area contributed by atoms with Crippen molar-refractivity contribution in [2.75, 3.05) is 5.32 Å². The number of halogens is 1. The lowest BCUT2D eigenvalue weighted by Crippen LogP contribution is -2.11. The number of aromatic nitrogens is 2. The normalized spacial score (nSPS) is 10.5. The summed E-state index contributed by atoms with van der Waals surface area (Å²) in [6, 6.07) is 15.1. The fourth-order valence-electron chi connectivity index (χ4n) is 1.86. The molecular formula is C16H12BrN3OS. The molecule has 4 nitrogen and oxygen atoms in total. The predicted octanol–water partition coefficient (Wildman–Crippen LogP) is 4.53. The van der Waals surface area contributed by atoms with Gasteiger partial charge in [0, 0.05) is 27.1 Å². The van der Waals surface area contributed by atoms with Gasteiger partial charge >= 0.3 is 0 Å². The standard InChI is InChI=1S/C16H12BrN3OS/c1-10-2-4-11(5-3-10)14-18-16(22-20-14)19-15(21)12-6-8-13(17)9-7-12/h2-9H,1H3,(H,18,19,20,21). The van der Waals surface area contributed by atoms with E-state index in [1.807, 2.05) is 43.3 Å². The average Bonchev–Trinajstić information content (AvgIpc) is 2.97. The number of carbonyl (C=O) groups excluding carboxylic acids is 1. The van der Waals surface area contributed by atoms with Gasteiger partial charge in [-0.05, 0) is 31.2 Å². The lowest BCUT2D eigenvalue weighted by Gasteiger charge is -2.01. The molecule has 0 fully saturated rings. The minimum absolute atomic E-state index is 0.195. The monoisotopic (exact) mass is 373 g/mol. The van der Waals surface area contributed by atoms with Crippen molar-refractivity contribution >= 4 is 38.5 Å². The van der Waals surface area contributed by atoms with E-state index in [0.717, 1.165) is 10.0 Å². The van der Waals surface area contributed by atoms with Gasteiger partial charge in [0.05, 0.1) is 0 Å². The quantitative estimate of drug-likeness (QED) is 0.733. The first-order valence-electron chi connectivity index (χ1n) is 6.59. The van der Waals surface area contributed by atoms with E-state index in [2.05, 4.69) is 30.6 Å². The number of benzene rings is 2. The summed E-state index contributed by atoms with van der Waals surface area (Å²) in [5.74, 6) is 0.426. The van der Waals surface area contributed by atoms with Crippen LogP contribution >= 0.6 is 27.5 Å². The van der Waals surface area contributed by atoms with Crippen LogP contribution in [0.25, 0.3) is 11.4 Å². The minimum Gasteiger partial charge on any atom is -0.297 e. The average molecular weight is 374 g/mol. The number of anilines is 1. The van der Waals surface area contributed by atoms with E-state index < -0.39 is 0 Å². The van der Waals surface area contributed by atoms with Gasteiger partial charge in [0.2, 0.25) is 5.13 Å². The molecule has 0 radical (unpaired) electrons. The zero-order valence-electron chi connectivity index (χ0n) is 11.7. The second-order valence-electron chi connectivity index (χ2n) is 4.75. The minimum atomic E-state index is -0.195. The number of nitrogens with one attached hydrogen (secondary N) is 1. The fraction of sp³-hybridized carbons (Fsp3) is 0.0625. The van der Waals surface area contributed by atoms with Crippen molar-refractivity contribution in [1.82, 2.24) is 9.36 Å². The molecule has 0 atom stereocenters. The summed E-state index contributed by atoms with van der Waals surface area (Å²) in [7, 11) is 0. The van der Waals surface area contributed by atoms with Crippen molar-refractivity contribution in [3.05, 3.63) is 64.1 Å². The number of aryl methyl sites for hydroxylation is 1. The van der Waals surface area contributed by atoms with Crippen molar-refractivity contribution in [3.8, 4) is 11.4 Å². The fourth-order valence-corrected chi connectivity index (χ4v) is 2.71. The molecule has 1 N–H and O–H groups in total. The van der Waals surface area contributed by atoms with E-state index in [0.29, 0.717) is 16.5 Å². The third-order valence-corrected chi connectivity index (χ3v) is 4.22. The molecule has 0 saturated carbocycles. The second-order valence-corrected chi connectivity index (χ2v) is 6.42. The number of nitrogens with zero attached hydrogens (tertiary/aromatic N) is 2. The Morgan fingerprint density at radius 2 is 1.77 bits per heavy atom. The van der Waals surface area contributed by atoms with Gasteiger partial charge in [-0.25, -0.2) is 0 Å². The molecule has 0 aliphatic rings. The molecule has 2 aromatic carbocycles. The van der Waals surface area contributed by atoms with Crippen LogP contribution in [0.4, 0.5) is 5.13 Å². The van der Waals surface area contributed by atoms with Gasteiger partial charge in [-0.15, -0.1) is 0 Å². The van der Waals surface area contributed by atoms with E-state index in [-0.39, 0.29) is 5.91 Å². The lowest BCUT2D eigenvalue weighted by molar-refractivity contribution is 0.102. The van der Waals surface area contributed by atoms with Crippen molar-refractivity contribution in [2.45, 2.75) is 6.92 Å². The van der Waals surface area contributed by atoms with E-state index >= 15 is 0 Å². The van der Waals surface area contributed by atoms with E-state index in [1.54, 1.807) is 12.1 Å². The molecule has 0 aliphatic carbocycles. The number of carbonyl (C=O) groups is 1. The Bertz CT molecular complexity index is 797. The Kier molecular flexibility index (Phi) is 4.31. The summed E-state index contributed by atoms with van der Waals surface area (Å²) in [5, 5.41) is 3.26. The van der Waals surface area contributed by atoms with Gasteiger partial charge < -0.3 is 0 Å². The smallest absolute Gasteiger partial charge is 0.257 e. The van der Waals surface area contributed by atoms with Crippen LogP contribution in [0.2, 0.25) is 0 Å². The molecule has 1 aromatic heterocycles. The number of rotatable bonds is 3. The molecule has 0 spiro atoms. The molecule has 3 rings (SSSR count). The maximum atomic E-state index is 12.1. The molecule has 0 unspecified atom stereocenters. The third kappa shape index (κ3) is 3.40. The van der Waals surface area contributed by atoms with Gasteiger partial charge in [-0.3, -0.25) is 10.1 Å². The Hall–Kier alpha value is -2.05. The first-order chi connectivity index (χ1) is 10.6. The highest BCUT2D eigenvalue weighted by molar-refractivity contribution is 9.10. The predicted molar refractivity (Wildman–Crippen MR) is 92.2 cm³/mol. The maximum Gasteiger partial charge on any atom is 0.257 e. The highest BCUT2D eigenvalue weighted by Crippen LogP contribution is 2.22. The number of hydrogen-bond acceptors (Lipinski definition) is 4. The SMILES string of the molecule is Cc1ccc(-c2nsc(NC(=O)c3ccc(Br)cc3)n2)cc1. The molecule has 0 saturated heterocycles. The van der Waals surface area contributed by atoms with Crippen molar-refractivity contribution in [3.63, 3.8) is 0 Å². The largest absolute Gasteiger partial charge is 0.297 e. The van der Waals surface area contributed by atoms with Crippen LogP contribution in [0.3, 0.4) is 0 Å². The number of hydrogen-bond donors (Lipinski definition) is 1. The highest BCUT2D eigenvalue weighted by Gasteiger charge is 2.11. The van der Waals surface area contributed by atoms with Crippen LogP contribution in [0.15, 0.2) is 53.0 Å². The zero-order valence-corrected chi connectivity index (χ0v) is 14.1. The third-order valence-electron chi connectivity index (χ3n) is 3.06. The van der Waals surface area contributed by atoms with E-state index in [9.17, 15) is 4.79 Å². The molecule has 6 heteroatoms. The van der Waals surface area contributed by atoms with Crippen molar-refractivity contribution in [1.29, 1.82) is 0 Å². The summed E-state index contributed by atoms with van der Waals surface area (Å²) in [6.07, 6.45) is 0. The van der Waals surface area contributed by atoms with Crippen LogP contribution < -0.4 is 5.32 Å². The summed E-state index contributed by atoms with van der Waals surface area (Å²) in [4.78, 5) is 16.5. The Labute approximate surface area is 140 Å². The van der Waals surface area contributed by atoms with Gasteiger partial charge in [-0.1, -0.05) is 45.8 Å². The highest BCUT2D eigenvalue weighted by atomic mass is 79.9. The van der Waals surface area contributed by atoms with E-state index in [1.165, 1.54) is 17.1 Å². The maximum absolute atomic E-state index is 12.1. The molecule has 0 aliphatic heterocycles. The molecule has 3 aromatic rings. The molecule has 0 bridgehead atoms. The lowest BCUT2D eigenvalue weighted by atomic mass is 10.1. The molecule has 1 amide bonds. The van der Waals surface area contributed by atoms with Gasteiger partial charge in [0.15, 0.2) is 5.82 Å². The van der Waals surface area contributed by atoms with Crippen LogP contribution in [0.5, 0.6) is 0 Å². The van der Waals surface area contributed by atoms with Crippen molar-refractivity contribution in [2.24, 2.45) is 0 Å². The Balaban J connectivity index is 1.75. The molecular weight excluding hydrogens is 362 g/mol. The Morgan fingerprint density at radius 3 is 2.45 bits per heavy atom. The van der Waals surface area contributed by atoms with E-state index in [4.69, 9.17) is 0 Å². The molecule has 1 heterocycles. The van der Waals surface area contributed by atoms with Crippen LogP contribution in [-0.4, -0.2) is 15.3 Å². The second kappa shape index (κ2) is 6.37. The van der Waals surface area contributed by atoms with Crippen LogP contribution in [0.1, 0.15) is 15.9 Å². The zero-order chi connectivity index (χ0) is 15.5. The summed E-state index contributed by atoms with van der Waals surface area (Å²) in [6.45, 7) is 2.03. The molecule has 22 heavy (non-hydrogen) atoms. The topological polar surface area (TPSA) is 54.9 Å². The van der Waals surface area contributed by atoms with Crippen LogP contribution in [-0.2, 0) is 0 Å². The van der Waals surface area contributed by atoms with Gasteiger partial charge in [0.1, 0.15) is 0 Å². The first-order valence-corrected chi connectivity index (χ1v) is 8.16. The van der Waals surface area contributed by atoms with Crippen LogP contribution in [0, 0.1) is 6.92 Å². The summed E-state index contributed by atoms with van der Waals surface area (Å²) in [5.41, 5.74) is 2.70. The number of amides is 1. The summed E-state index contributed by atoms with van der Waals surface area (Å²) < 4.78 is 5.22. The summed E-state index contributed by atoms with van der Waals surface area (Å²) >= 11 is 4.52. The Morgan fingerprint density at radius 1 is 1.09 bits per heavy atom. The van der Waals surface area contributed by atoms with Gasteiger partial charge in [-0.2, -0.15) is 9.36 Å². The first kappa shape index (κ1) is 14.9. The van der Waals surface area contributed by atoms with Crippen molar-refractivity contribution < 1.29 is 4.79 Å². The molecule has 110 valence electrons.